The minimum atomic E-state index is -3.26. The second-order valence-electron chi connectivity index (χ2n) is 5.47. The summed E-state index contributed by atoms with van der Waals surface area (Å²) in [6.45, 7) is 1.96. The van der Waals surface area contributed by atoms with Crippen molar-refractivity contribution in [3.8, 4) is 0 Å². The summed E-state index contributed by atoms with van der Waals surface area (Å²) in [5.41, 5.74) is 2.21. The van der Waals surface area contributed by atoms with Gasteiger partial charge in [0.15, 0.2) is 9.84 Å². The Kier molecular flexibility index (Phi) is 4.00. The number of hydrogen-bond acceptors (Lipinski definition) is 4. The molecule has 2 aromatic rings. The molecule has 2 heterocycles. The van der Waals surface area contributed by atoms with Crippen molar-refractivity contribution in [2.75, 3.05) is 10.7 Å². The van der Waals surface area contributed by atoms with Crippen molar-refractivity contribution in [2.45, 2.75) is 13.0 Å². The molecule has 0 saturated carbocycles. The summed E-state index contributed by atoms with van der Waals surface area (Å²) in [5.74, 6) is -0.347. The number of aryl methyl sites for hydroxylation is 1. The van der Waals surface area contributed by atoms with Crippen LogP contribution in [0.4, 0.5) is 5.69 Å². The highest BCUT2D eigenvalue weighted by Gasteiger charge is 2.31. The Morgan fingerprint density at radius 2 is 1.78 bits per heavy atom. The molecule has 5 nitrogen and oxygen atoms in total. The molecule has 1 aliphatic rings. The van der Waals surface area contributed by atoms with Crippen LogP contribution in [-0.2, 0) is 9.84 Å². The minimum absolute atomic E-state index is 0.0995. The Labute approximate surface area is 135 Å². The quantitative estimate of drug-likeness (QED) is 0.867. The molecule has 23 heavy (non-hydrogen) atoms. The lowest BCUT2D eigenvalue weighted by atomic mass is 10.1. The maximum atomic E-state index is 12.9. The average molecular weight is 328 g/mol. The number of benzene rings is 1. The van der Waals surface area contributed by atoms with Gasteiger partial charge in [0.1, 0.15) is 0 Å². The largest absolute Gasteiger partial charge is 0.300 e. The van der Waals surface area contributed by atoms with Gasteiger partial charge in [0, 0.05) is 29.1 Å². The Balaban J connectivity index is 2.02. The fourth-order valence-corrected chi connectivity index (χ4v) is 3.79. The minimum Gasteiger partial charge on any atom is -0.300 e. The van der Waals surface area contributed by atoms with Crippen molar-refractivity contribution in [3.63, 3.8) is 0 Å². The van der Waals surface area contributed by atoms with Gasteiger partial charge >= 0.3 is 0 Å². The summed E-state index contributed by atoms with van der Waals surface area (Å²) in [5, 5.41) is 1.18. The SMILES string of the molecule is Cc1ccc(N(C(=O)c2ccncc2)[C@@H]2C=CS(=O)(=O)C2)cc1. The normalized spacial score (nSPS) is 18.7. The van der Waals surface area contributed by atoms with E-state index in [1.165, 1.54) is 10.3 Å². The van der Waals surface area contributed by atoms with Crippen LogP contribution >= 0.6 is 0 Å². The predicted octanol–water partition coefficient (Wildman–Crippen LogP) is 2.35. The van der Waals surface area contributed by atoms with Crippen LogP contribution in [0.3, 0.4) is 0 Å². The summed E-state index contributed by atoms with van der Waals surface area (Å²) in [6.07, 6.45) is 4.65. The van der Waals surface area contributed by atoms with Gasteiger partial charge in [-0.3, -0.25) is 9.78 Å². The third-order valence-corrected chi connectivity index (χ3v) is 5.08. The molecule has 1 atom stereocenters. The van der Waals surface area contributed by atoms with Gasteiger partial charge in [-0.15, -0.1) is 0 Å². The molecule has 6 heteroatoms. The molecule has 0 N–H and O–H groups in total. The van der Waals surface area contributed by atoms with Gasteiger partial charge in [-0.1, -0.05) is 17.7 Å². The first kappa shape index (κ1) is 15.4. The van der Waals surface area contributed by atoms with E-state index < -0.39 is 15.9 Å². The van der Waals surface area contributed by atoms with E-state index in [0.29, 0.717) is 11.3 Å². The highest BCUT2D eigenvalue weighted by atomic mass is 32.2. The van der Waals surface area contributed by atoms with Crippen molar-refractivity contribution >= 4 is 21.4 Å². The van der Waals surface area contributed by atoms with Crippen LogP contribution in [-0.4, -0.2) is 31.1 Å². The summed E-state index contributed by atoms with van der Waals surface area (Å²) in [4.78, 5) is 18.3. The number of carbonyl (C=O) groups excluding carboxylic acids is 1. The molecule has 118 valence electrons. The van der Waals surface area contributed by atoms with Crippen LogP contribution < -0.4 is 4.90 Å². The zero-order valence-electron chi connectivity index (χ0n) is 12.6. The number of hydrogen-bond donors (Lipinski definition) is 0. The zero-order chi connectivity index (χ0) is 16.4. The molecule has 1 aromatic heterocycles. The maximum Gasteiger partial charge on any atom is 0.258 e. The second kappa shape index (κ2) is 5.96. The van der Waals surface area contributed by atoms with Gasteiger partial charge in [-0.05, 0) is 37.3 Å². The topological polar surface area (TPSA) is 67.3 Å². The third kappa shape index (κ3) is 3.32. The van der Waals surface area contributed by atoms with Gasteiger partial charge in [0.05, 0.1) is 11.8 Å². The van der Waals surface area contributed by atoms with Gasteiger partial charge in [0.2, 0.25) is 0 Å². The smallest absolute Gasteiger partial charge is 0.258 e. The lowest BCUT2D eigenvalue weighted by Gasteiger charge is -2.28. The molecule has 3 rings (SSSR count). The number of sulfone groups is 1. The van der Waals surface area contributed by atoms with Crippen LogP contribution in [0.2, 0.25) is 0 Å². The molecule has 1 amide bonds. The third-order valence-electron chi connectivity index (χ3n) is 3.70. The standard InChI is InChI=1S/C17H16N2O3S/c1-13-2-4-15(5-3-13)19(16-8-11-23(21,22)12-16)17(20)14-6-9-18-10-7-14/h2-11,16H,12H2,1H3/t16-/m1/s1. The Bertz CT molecular complexity index is 843. The van der Waals surface area contributed by atoms with Crippen molar-refractivity contribution < 1.29 is 13.2 Å². The number of aromatic nitrogens is 1. The lowest BCUT2D eigenvalue weighted by molar-refractivity contribution is 0.0983. The summed E-state index contributed by atoms with van der Waals surface area (Å²) < 4.78 is 23.5. The van der Waals surface area contributed by atoms with Gasteiger partial charge in [0.25, 0.3) is 5.91 Å². The van der Waals surface area contributed by atoms with E-state index in [1.54, 1.807) is 30.6 Å². The van der Waals surface area contributed by atoms with E-state index in [1.807, 2.05) is 31.2 Å². The lowest BCUT2D eigenvalue weighted by Crippen LogP contribution is -2.41. The Morgan fingerprint density at radius 1 is 1.13 bits per heavy atom. The van der Waals surface area contributed by atoms with Crippen molar-refractivity contribution in [3.05, 3.63) is 71.4 Å². The van der Waals surface area contributed by atoms with E-state index in [2.05, 4.69) is 4.98 Å². The van der Waals surface area contributed by atoms with E-state index >= 15 is 0 Å². The van der Waals surface area contributed by atoms with Crippen LogP contribution in [0.1, 0.15) is 15.9 Å². The molecule has 0 bridgehead atoms. The highest BCUT2D eigenvalue weighted by Crippen LogP contribution is 2.25. The maximum absolute atomic E-state index is 12.9. The number of rotatable bonds is 3. The monoisotopic (exact) mass is 328 g/mol. The van der Waals surface area contributed by atoms with Crippen molar-refractivity contribution in [1.29, 1.82) is 0 Å². The number of pyridine rings is 1. The number of nitrogens with zero attached hydrogens (tertiary/aromatic N) is 2. The predicted molar refractivity (Wildman–Crippen MR) is 88.9 cm³/mol. The molecule has 0 unspecified atom stereocenters. The van der Waals surface area contributed by atoms with Gasteiger partial charge in [-0.2, -0.15) is 0 Å². The summed E-state index contributed by atoms with van der Waals surface area (Å²) >= 11 is 0. The van der Waals surface area contributed by atoms with Crippen molar-refractivity contribution in [1.82, 2.24) is 4.98 Å². The molecule has 0 saturated heterocycles. The fraction of sp³-hybridized carbons (Fsp3) is 0.176. The molecule has 0 radical (unpaired) electrons. The zero-order valence-corrected chi connectivity index (χ0v) is 13.4. The van der Waals surface area contributed by atoms with Crippen LogP contribution in [0.15, 0.2) is 60.3 Å². The average Bonchev–Trinajstić information content (AvgIpc) is 2.90. The summed E-state index contributed by atoms with van der Waals surface area (Å²) in [6, 6.07) is 10.2. The molecular weight excluding hydrogens is 312 g/mol. The van der Waals surface area contributed by atoms with Gasteiger partial charge in [-0.25, -0.2) is 8.42 Å². The molecular formula is C17H16N2O3S. The van der Waals surface area contributed by atoms with E-state index in [0.717, 1.165) is 5.56 Å². The van der Waals surface area contributed by atoms with Crippen molar-refractivity contribution in [2.24, 2.45) is 0 Å². The van der Waals surface area contributed by atoms with Crippen LogP contribution in [0.25, 0.3) is 0 Å². The molecule has 1 aromatic carbocycles. The van der Waals surface area contributed by atoms with Gasteiger partial charge < -0.3 is 4.90 Å². The van der Waals surface area contributed by atoms with Crippen LogP contribution in [0, 0.1) is 6.92 Å². The van der Waals surface area contributed by atoms with Crippen LogP contribution in [0.5, 0.6) is 0 Å². The van der Waals surface area contributed by atoms with E-state index in [4.69, 9.17) is 0 Å². The number of anilines is 1. The first-order valence-corrected chi connectivity index (χ1v) is 8.89. The number of carbonyl (C=O) groups is 1. The van der Waals surface area contributed by atoms with E-state index in [-0.39, 0.29) is 11.7 Å². The Hall–Kier alpha value is -2.47. The molecule has 1 aliphatic heterocycles. The fourth-order valence-electron chi connectivity index (χ4n) is 2.52. The highest BCUT2D eigenvalue weighted by molar-refractivity contribution is 7.94. The molecule has 0 fully saturated rings. The first-order chi connectivity index (χ1) is 11.0. The molecule has 0 spiro atoms. The van der Waals surface area contributed by atoms with E-state index in [9.17, 15) is 13.2 Å². The molecule has 0 aliphatic carbocycles. The first-order valence-electron chi connectivity index (χ1n) is 7.17. The number of amides is 1. The summed E-state index contributed by atoms with van der Waals surface area (Å²) in [7, 11) is -3.26. The second-order valence-corrected chi connectivity index (χ2v) is 7.40. The Morgan fingerprint density at radius 3 is 2.35 bits per heavy atom.